The van der Waals surface area contributed by atoms with Crippen molar-refractivity contribution in [2.24, 2.45) is 5.16 Å². The smallest absolute Gasteiger partial charge is 0.412 e. The number of amides is 1. The first kappa shape index (κ1) is 15.2. The highest BCUT2D eigenvalue weighted by Crippen LogP contribution is 2.24. The highest BCUT2D eigenvalue weighted by atomic mass is 16.6. The van der Waals surface area contributed by atoms with E-state index in [2.05, 4.69) is 10.5 Å². The zero-order valence-electron chi connectivity index (χ0n) is 12.7. The van der Waals surface area contributed by atoms with Crippen LogP contribution in [0.25, 0.3) is 0 Å². The summed E-state index contributed by atoms with van der Waals surface area (Å²) in [5.41, 5.74) is 1.95. The van der Waals surface area contributed by atoms with Gasteiger partial charge in [0, 0.05) is 16.8 Å². The van der Waals surface area contributed by atoms with Crippen LogP contribution in [0.1, 0.15) is 38.8 Å². The molecule has 1 amide bonds. The van der Waals surface area contributed by atoms with Crippen LogP contribution >= 0.6 is 0 Å². The van der Waals surface area contributed by atoms with Crippen LogP contribution in [-0.4, -0.2) is 24.2 Å². The fraction of sp³-hybridized carbons (Fsp3) is 0.467. The number of rotatable bonds is 3. The lowest BCUT2D eigenvalue weighted by Gasteiger charge is -2.19. The predicted octanol–water partition coefficient (Wildman–Crippen LogP) is 3.26. The van der Waals surface area contributed by atoms with Gasteiger partial charge in [-0.15, -0.1) is 0 Å². The first-order valence-corrected chi connectivity index (χ1v) is 6.85. The maximum absolute atomic E-state index is 11.7. The molecule has 0 fully saturated rings. The van der Waals surface area contributed by atoms with Gasteiger partial charge in [-0.1, -0.05) is 0 Å². The molecule has 1 aliphatic rings. The molecule has 1 aromatic carbocycles. The first-order chi connectivity index (χ1) is 9.89. The molecule has 6 nitrogen and oxygen atoms in total. The van der Waals surface area contributed by atoms with Crippen LogP contribution in [0.3, 0.4) is 0 Å². The molecule has 21 heavy (non-hydrogen) atoms. The van der Waals surface area contributed by atoms with Crippen LogP contribution in [-0.2, 0) is 20.9 Å². The van der Waals surface area contributed by atoms with Crippen LogP contribution in [0.2, 0.25) is 0 Å². The number of oxime groups is 1. The zero-order chi connectivity index (χ0) is 15.5. The summed E-state index contributed by atoms with van der Waals surface area (Å²) in [6.07, 6.45) is -0.482. The molecule has 2 rings (SSSR count). The number of nitrogens with zero attached hydrogens (tertiary/aromatic N) is 1. The molecule has 0 radical (unpaired) electrons. The van der Waals surface area contributed by atoms with Crippen molar-refractivity contribution in [3.05, 3.63) is 29.3 Å². The van der Waals surface area contributed by atoms with Gasteiger partial charge < -0.3 is 14.3 Å². The van der Waals surface area contributed by atoms with E-state index in [0.29, 0.717) is 24.8 Å². The number of ether oxygens (including phenoxy) is 2. The molecule has 1 aliphatic heterocycles. The summed E-state index contributed by atoms with van der Waals surface area (Å²) >= 11 is 0. The van der Waals surface area contributed by atoms with Gasteiger partial charge in [0.25, 0.3) is 5.90 Å². The minimum absolute atomic E-state index is 0.408. The van der Waals surface area contributed by atoms with E-state index in [9.17, 15) is 4.79 Å². The Morgan fingerprint density at radius 1 is 1.43 bits per heavy atom. The molecule has 1 aromatic rings. The molecular formula is C15H20N2O4. The lowest BCUT2D eigenvalue weighted by atomic mass is 10.1. The fourth-order valence-electron chi connectivity index (χ4n) is 1.84. The van der Waals surface area contributed by atoms with Crippen molar-refractivity contribution in [3.8, 4) is 0 Å². The van der Waals surface area contributed by atoms with Crippen LogP contribution < -0.4 is 5.32 Å². The summed E-state index contributed by atoms with van der Waals surface area (Å²) in [5.74, 6) is 0.468. The van der Waals surface area contributed by atoms with Crippen LogP contribution in [0.5, 0.6) is 0 Å². The van der Waals surface area contributed by atoms with E-state index < -0.39 is 11.7 Å². The molecule has 0 saturated heterocycles. The summed E-state index contributed by atoms with van der Waals surface area (Å²) < 4.78 is 10.7. The van der Waals surface area contributed by atoms with Gasteiger partial charge in [-0.05, 0) is 51.0 Å². The Hall–Kier alpha value is -2.24. The van der Waals surface area contributed by atoms with Gasteiger partial charge in [0.15, 0.2) is 0 Å². The van der Waals surface area contributed by atoms with Gasteiger partial charge in [0.2, 0.25) is 0 Å². The number of carbonyl (C=O) groups excluding carboxylic acids is 1. The summed E-state index contributed by atoms with van der Waals surface area (Å²) in [7, 11) is 0. The minimum Gasteiger partial charge on any atom is -0.470 e. The van der Waals surface area contributed by atoms with Crippen molar-refractivity contribution in [1.82, 2.24) is 0 Å². The van der Waals surface area contributed by atoms with Gasteiger partial charge in [-0.3, -0.25) is 5.32 Å². The zero-order valence-corrected chi connectivity index (χ0v) is 12.7. The van der Waals surface area contributed by atoms with E-state index in [1.165, 1.54) is 0 Å². The lowest BCUT2D eigenvalue weighted by molar-refractivity contribution is 0.0636. The van der Waals surface area contributed by atoms with Gasteiger partial charge in [0.05, 0.1) is 0 Å². The van der Waals surface area contributed by atoms with Gasteiger partial charge in [-0.25, -0.2) is 4.79 Å². The SMILES string of the molecule is CCO/N=C1\OCc2cc(NC(=O)OC(C)(C)C)ccc21. The van der Waals surface area contributed by atoms with Crippen molar-refractivity contribution >= 4 is 17.7 Å². The molecule has 1 N–H and O–H groups in total. The number of hydrogen-bond acceptors (Lipinski definition) is 5. The number of carbonyl (C=O) groups is 1. The molecule has 1 heterocycles. The Balaban J connectivity index is 2.07. The number of nitrogens with one attached hydrogen (secondary N) is 1. The van der Waals surface area contributed by atoms with Crippen molar-refractivity contribution in [1.29, 1.82) is 0 Å². The molecule has 0 saturated carbocycles. The Bertz CT molecular complexity index is 561. The Morgan fingerprint density at radius 2 is 2.19 bits per heavy atom. The third kappa shape index (κ3) is 4.11. The molecule has 0 aliphatic carbocycles. The van der Waals surface area contributed by atoms with E-state index in [4.69, 9.17) is 14.3 Å². The lowest BCUT2D eigenvalue weighted by Crippen LogP contribution is -2.27. The predicted molar refractivity (Wildman–Crippen MR) is 79.3 cm³/mol. The Labute approximate surface area is 124 Å². The van der Waals surface area contributed by atoms with Crippen LogP contribution in [0.4, 0.5) is 10.5 Å². The second-order valence-electron chi connectivity index (χ2n) is 5.60. The highest BCUT2D eigenvalue weighted by molar-refractivity contribution is 5.98. The Morgan fingerprint density at radius 3 is 2.86 bits per heavy atom. The van der Waals surface area contributed by atoms with E-state index >= 15 is 0 Å². The summed E-state index contributed by atoms with van der Waals surface area (Å²) in [4.78, 5) is 16.7. The van der Waals surface area contributed by atoms with E-state index in [-0.39, 0.29) is 0 Å². The van der Waals surface area contributed by atoms with E-state index in [1.807, 2.05) is 39.8 Å². The molecule has 114 valence electrons. The summed E-state index contributed by atoms with van der Waals surface area (Å²) in [6, 6.07) is 5.46. The van der Waals surface area contributed by atoms with Crippen LogP contribution in [0, 0.1) is 0 Å². The third-order valence-corrected chi connectivity index (χ3v) is 2.62. The molecule has 0 spiro atoms. The van der Waals surface area contributed by atoms with Crippen LogP contribution in [0.15, 0.2) is 23.4 Å². The largest absolute Gasteiger partial charge is 0.470 e. The fourth-order valence-corrected chi connectivity index (χ4v) is 1.84. The average Bonchev–Trinajstić information content (AvgIpc) is 2.76. The normalized spacial score (nSPS) is 15.3. The average molecular weight is 292 g/mol. The molecule has 0 atom stereocenters. The molecule has 0 unspecified atom stereocenters. The monoisotopic (exact) mass is 292 g/mol. The number of fused-ring (bicyclic) bond motifs is 1. The third-order valence-electron chi connectivity index (χ3n) is 2.62. The molecule has 6 heteroatoms. The minimum atomic E-state index is -0.527. The summed E-state index contributed by atoms with van der Waals surface area (Å²) in [5, 5.41) is 6.60. The highest BCUT2D eigenvalue weighted by Gasteiger charge is 2.21. The topological polar surface area (TPSA) is 69.2 Å². The number of benzene rings is 1. The maximum Gasteiger partial charge on any atom is 0.412 e. The standard InChI is InChI=1S/C15H20N2O4/c1-5-20-17-13-12-7-6-11(8-10(12)9-19-13)16-14(18)21-15(2,3)4/h6-8H,5,9H2,1-4H3,(H,16,18)/b17-13-. The second-order valence-corrected chi connectivity index (χ2v) is 5.60. The van der Waals surface area contributed by atoms with Gasteiger partial charge >= 0.3 is 6.09 Å². The maximum atomic E-state index is 11.7. The van der Waals surface area contributed by atoms with Crippen molar-refractivity contribution in [2.45, 2.75) is 39.9 Å². The Kier molecular flexibility index (Phi) is 4.35. The summed E-state index contributed by atoms with van der Waals surface area (Å²) in [6.45, 7) is 8.21. The molecular weight excluding hydrogens is 272 g/mol. The quantitative estimate of drug-likeness (QED) is 0.868. The van der Waals surface area contributed by atoms with E-state index in [0.717, 1.165) is 11.1 Å². The van der Waals surface area contributed by atoms with Crippen molar-refractivity contribution in [3.63, 3.8) is 0 Å². The number of anilines is 1. The molecule has 0 bridgehead atoms. The number of hydrogen-bond donors (Lipinski definition) is 1. The molecule has 0 aromatic heterocycles. The van der Waals surface area contributed by atoms with E-state index in [1.54, 1.807) is 6.07 Å². The second kappa shape index (κ2) is 6.03. The first-order valence-electron chi connectivity index (χ1n) is 6.85. The van der Waals surface area contributed by atoms with Crippen molar-refractivity contribution < 1.29 is 19.1 Å². The van der Waals surface area contributed by atoms with Gasteiger partial charge in [-0.2, -0.15) is 0 Å². The van der Waals surface area contributed by atoms with Gasteiger partial charge in [0.1, 0.15) is 18.8 Å². The van der Waals surface area contributed by atoms with Crippen molar-refractivity contribution in [2.75, 3.05) is 11.9 Å².